The molecule has 2 aromatic carbocycles. The van der Waals surface area contributed by atoms with E-state index >= 15 is 0 Å². The van der Waals surface area contributed by atoms with Gasteiger partial charge < -0.3 is 4.74 Å². The maximum absolute atomic E-state index is 13.4. The molecule has 2 amide bonds. The summed E-state index contributed by atoms with van der Waals surface area (Å²) < 4.78 is 18.5. The Bertz CT molecular complexity index is 968. The van der Waals surface area contributed by atoms with Gasteiger partial charge in [-0.15, -0.1) is 0 Å². The highest BCUT2D eigenvalue weighted by molar-refractivity contribution is 6.24. The molecule has 0 unspecified atom stereocenters. The molecule has 0 saturated carbocycles. The van der Waals surface area contributed by atoms with E-state index < -0.39 is 29.5 Å². The van der Waals surface area contributed by atoms with Crippen LogP contribution in [0.15, 0.2) is 66.2 Å². The third-order valence-electron chi connectivity index (χ3n) is 5.21. The van der Waals surface area contributed by atoms with E-state index in [1.54, 1.807) is 55.5 Å². The Morgan fingerprint density at radius 3 is 2.36 bits per heavy atom. The summed E-state index contributed by atoms with van der Waals surface area (Å²) in [6, 6.07) is 14.3. The van der Waals surface area contributed by atoms with Crippen LogP contribution in [0.2, 0.25) is 0 Å². The van der Waals surface area contributed by atoms with Crippen LogP contribution >= 0.6 is 0 Å². The van der Waals surface area contributed by atoms with E-state index in [0.717, 1.165) is 0 Å². The fourth-order valence-electron chi connectivity index (χ4n) is 4.03. The lowest BCUT2D eigenvalue weighted by molar-refractivity contribution is -0.138. The van der Waals surface area contributed by atoms with Crippen LogP contribution in [0.4, 0.5) is 10.1 Å². The number of esters is 1. The van der Waals surface area contributed by atoms with Gasteiger partial charge in [0.15, 0.2) is 0 Å². The zero-order chi connectivity index (χ0) is 19.8. The number of carbonyl (C=O) groups excluding carboxylic acids is 3. The van der Waals surface area contributed by atoms with Gasteiger partial charge in [-0.05, 0) is 36.8 Å². The Hall–Kier alpha value is -3.28. The number of amides is 2. The van der Waals surface area contributed by atoms with Gasteiger partial charge in [-0.25, -0.2) is 14.1 Å². The topological polar surface area (TPSA) is 63.7 Å². The minimum Gasteiger partial charge on any atom is -0.463 e. The second-order valence-corrected chi connectivity index (χ2v) is 6.77. The second-order valence-electron chi connectivity index (χ2n) is 6.77. The summed E-state index contributed by atoms with van der Waals surface area (Å²) >= 11 is 0. The van der Waals surface area contributed by atoms with Crippen LogP contribution in [0.1, 0.15) is 18.4 Å². The molecule has 0 bridgehead atoms. The smallest absolute Gasteiger partial charge is 0.334 e. The molecule has 1 aliphatic carbocycles. The molecule has 6 heteroatoms. The number of benzene rings is 2. The molecule has 2 aromatic rings. The van der Waals surface area contributed by atoms with Crippen LogP contribution in [0.5, 0.6) is 0 Å². The van der Waals surface area contributed by atoms with Gasteiger partial charge in [-0.1, -0.05) is 36.4 Å². The van der Waals surface area contributed by atoms with Crippen molar-refractivity contribution in [2.75, 3.05) is 11.5 Å². The van der Waals surface area contributed by atoms with Crippen LogP contribution in [0, 0.1) is 17.7 Å². The Kier molecular flexibility index (Phi) is 4.55. The first-order valence-electron chi connectivity index (χ1n) is 9.10. The molecule has 2 aliphatic rings. The molecular formula is C22H18FNO4. The minimum absolute atomic E-state index is 0.180. The molecule has 0 radical (unpaired) electrons. The largest absolute Gasteiger partial charge is 0.463 e. The number of halogens is 1. The quantitative estimate of drug-likeness (QED) is 0.604. The summed E-state index contributed by atoms with van der Waals surface area (Å²) in [6.07, 6.45) is 1.54. The maximum Gasteiger partial charge on any atom is 0.334 e. The molecule has 0 N–H and O–H groups in total. The number of fused-ring (bicyclic) bond motifs is 1. The molecule has 1 fully saturated rings. The van der Waals surface area contributed by atoms with Crippen molar-refractivity contribution < 1.29 is 23.5 Å². The predicted octanol–water partition coefficient (Wildman–Crippen LogP) is 3.22. The first-order chi connectivity index (χ1) is 13.5. The monoisotopic (exact) mass is 379 g/mol. The summed E-state index contributed by atoms with van der Waals surface area (Å²) in [5.41, 5.74) is 1.37. The second kappa shape index (κ2) is 7.03. The summed E-state index contributed by atoms with van der Waals surface area (Å²) in [4.78, 5) is 39.9. The van der Waals surface area contributed by atoms with Crippen molar-refractivity contribution >= 4 is 23.5 Å². The van der Waals surface area contributed by atoms with E-state index in [9.17, 15) is 18.8 Å². The zero-order valence-electron chi connectivity index (χ0n) is 15.2. The van der Waals surface area contributed by atoms with Gasteiger partial charge in [0, 0.05) is 11.5 Å². The first kappa shape index (κ1) is 18.1. The SMILES string of the molecule is CCOC(=O)C1=C[C@@H]2C(=O)N(c3ccccc3)C(=O)[C@@H]2[C@H]1c1ccc(F)cc1. The Labute approximate surface area is 161 Å². The molecule has 4 rings (SSSR count). The molecular weight excluding hydrogens is 361 g/mol. The van der Waals surface area contributed by atoms with E-state index in [0.29, 0.717) is 11.3 Å². The number of rotatable bonds is 4. The van der Waals surface area contributed by atoms with Crippen LogP contribution < -0.4 is 4.90 Å². The fourth-order valence-corrected chi connectivity index (χ4v) is 4.03. The number of anilines is 1. The van der Waals surface area contributed by atoms with Crippen LogP contribution in [-0.2, 0) is 19.1 Å². The molecule has 0 aromatic heterocycles. The van der Waals surface area contributed by atoms with Gasteiger partial charge >= 0.3 is 5.97 Å². The number of carbonyl (C=O) groups is 3. The fraction of sp³-hybridized carbons (Fsp3) is 0.227. The molecule has 1 saturated heterocycles. The lowest BCUT2D eigenvalue weighted by Gasteiger charge is -2.22. The van der Waals surface area contributed by atoms with E-state index in [4.69, 9.17) is 4.74 Å². The van der Waals surface area contributed by atoms with Crippen LogP contribution in [-0.4, -0.2) is 24.4 Å². The van der Waals surface area contributed by atoms with Crippen LogP contribution in [0.3, 0.4) is 0 Å². The highest BCUT2D eigenvalue weighted by atomic mass is 19.1. The van der Waals surface area contributed by atoms with E-state index in [1.165, 1.54) is 17.0 Å². The molecule has 28 heavy (non-hydrogen) atoms. The van der Waals surface area contributed by atoms with Crippen LogP contribution in [0.25, 0.3) is 0 Å². The third-order valence-corrected chi connectivity index (χ3v) is 5.21. The lowest BCUT2D eigenvalue weighted by atomic mass is 9.82. The summed E-state index contributed by atoms with van der Waals surface area (Å²) in [6.45, 7) is 1.87. The Morgan fingerprint density at radius 1 is 1.04 bits per heavy atom. The van der Waals surface area contributed by atoms with E-state index in [1.807, 2.05) is 0 Å². The first-order valence-corrected chi connectivity index (χ1v) is 9.10. The zero-order valence-corrected chi connectivity index (χ0v) is 15.2. The van der Waals surface area contributed by atoms with Gasteiger partial charge in [-0.3, -0.25) is 9.59 Å². The van der Waals surface area contributed by atoms with E-state index in [-0.39, 0.29) is 24.0 Å². The maximum atomic E-state index is 13.4. The van der Waals surface area contributed by atoms with Crippen molar-refractivity contribution in [1.82, 2.24) is 0 Å². The molecule has 0 spiro atoms. The highest BCUT2D eigenvalue weighted by Gasteiger charge is 2.56. The van der Waals surface area contributed by atoms with Gasteiger partial charge in [0.05, 0.1) is 24.1 Å². The van der Waals surface area contributed by atoms with Crippen molar-refractivity contribution in [2.24, 2.45) is 11.8 Å². The van der Waals surface area contributed by atoms with Gasteiger partial charge in [0.25, 0.3) is 0 Å². The molecule has 1 heterocycles. The standard InChI is InChI=1S/C22H18FNO4/c1-2-28-22(27)17-12-16-19(18(17)13-8-10-14(23)11-9-13)21(26)24(20(16)25)15-6-4-3-5-7-15/h3-12,16,18-19H,2H2,1H3/t16-,18-,19-/m0/s1. The number of para-hydroxylation sites is 1. The lowest BCUT2D eigenvalue weighted by Crippen LogP contribution is -2.33. The normalized spacial score (nSPS) is 23.6. The number of hydrogen-bond acceptors (Lipinski definition) is 4. The number of nitrogens with zero attached hydrogens (tertiary/aromatic N) is 1. The highest BCUT2D eigenvalue weighted by Crippen LogP contribution is 2.49. The molecule has 3 atom stereocenters. The average molecular weight is 379 g/mol. The number of hydrogen-bond donors (Lipinski definition) is 0. The van der Waals surface area contributed by atoms with Crippen molar-refractivity contribution in [3.8, 4) is 0 Å². The van der Waals surface area contributed by atoms with Crippen molar-refractivity contribution in [3.63, 3.8) is 0 Å². The molecule has 142 valence electrons. The number of imide groups is 1. The summed E-state index contributed by atoms with van der Waals surface area (Å²) in [5, 5.41) is 0. The van der Waals surface area contributed by atoms with Crippen molar-refractivity contribution in [3.05, 3.63) is 77.6 Å². The average Bonchev–Trinajstić information content (AvgIpc) is 3.20. The Balaban J connectivity index is 1.78. The van der Waals surface area contributed by atoms with Gasteiger partial charge in [0.1, 0.15) is 5.82 Å². The Morgan fingerprint density at radius 2 is 1.71 bits per heavy atom. The molecule has 5 nitrogen and oxygen atoms in total. The summed E-state index contributed by atoms with van der Waals surface area (Å²) in [7, 11) is 0. The third kappa shape index (κ3) is 2.81. The minimum atomic E-state index is -0.752. The molecule has 1 aliphatic heterocycles. The van der Waals surface area contributed by atoms with Gasteiger partial charge in [0.2, 0.25) is 11.8 Å². The van der Waals surface area contributed by atoms with Crippen molar-refractivity contribution in [2.45, 2.75) is 12.8 Å². The van der Waals surface area contributed by atoms with E-state index in [2.05, 4.69) is 0 Å². The summed E-state index contributed by atoms with van der Waals surface area (Å²) in [5.74, 6) is -3.87. The predicted molar refractivity (Wildman–Crippen MR) is 99.8 cm³/mol. The number of ether oxygens (including phenoxy) is 1. The van der Waals surface area contributed by atoms with Crippen molar-refractivity contribution in [1.29, 1.82) is 0 Å². The van der Waals surface area contributed by atoms with Gasteiger partial charge in [-0.2, -0.15) is 0 Å².